The standard InChI is InChI=1S/C17H34N4/c1-19(2)13-15-6-10-21(11-7-15)17(14-18)8-12-20-9-4-3-5-16(17)20/h15-16H,3-14,18H2,1-2H3. The first-order valence-electron chi connectivity index (χ1n) is 8.99. The Hall–Kier alpha value is -0.160. The van der Waals surface area contributed by atoms with E-state index in [0.717, 1.165) is 18.5 Å². The lowest BCUT2D eigenvalue weighted by atomic mass is 9.81. The number of hydrogen-bond donors (Lipinski definition) is 1. The third kappa shape index (κ3) is 3.00. The largest absolute Gasteiger partial charge is 0.329 e. The zero-order valence-corrected chi connectivity index (χ0v) is 14.1. The van der Waals surface area contributed by atoms with Crippen molar-refractivity contribution in [2.24, 2.45) is 11.7 Å². The lowest BCUT2D eigenvalue weighted by molar-refractivity contribution is 0.0112. The number of nitrogens with two attached hydrogens (primary N) is 1. The molecule has 2 atom stereocenters. The molecular formula is C17H34N4. The van der Waals surface area contributed by atoms with Gasteiger partial charge in [-0.3, -0.25) is 9.80 Å². The highest BCUT2D eigenvalue weighted by atomic mass is 15.3. The molecule has 0 spiro atoms. The number of hydrogen-bond acceptors (Lipinski definition) is 4. The summed E-state index contributed by atoms with van der Waals surface area (Å²) in [5.41, 5.74) is 6.64. The highest BCUT2D eigenvalue weighted by molar-refractivity contribution is 5.09. The number of rotatable bonds is 4. The second-order valence-electron chi connectivity index (χ2n) is 7.80. The van der Waals surface area contributed by atoms with Crippen LogP contribution in [0.5, 0.6) is 0 Å². The van der Waals surface area contributed by atoms with Gasteiger partial charge in [0.05, 0.1) is 0 Å². The number of nitrogens with zero attached hydrogens (tertiary/aromatic N) is 3. The Kier molecular flexibility index (Phi) is 4.89. The molecule has 3 aliphatic rings. The normalized spacial score (nSPS) is 36.3. The minimum Gasteiger partial charge on any atom is -0.329 e. The van der Waals surface area contributed by atoms with Crippen LogP contribution in [0, 0.1) is 5.92 Å². The summed E-state index contributed by atoms with van der Waals surface area (Å²) < 4.78 is 0. The summed E-state index contributed by atoms with van der Waals surface area (Å²) in [6, 6.07) is 0.738. The molecule has 2 unspecified atom stereocenters. The van der Waals surface area contributed by atoms with E-state index in [4.69, 9.17) is 5.73 Å². The van der Waals surface area contributed by atoms with Crippen LogP contribution in [0.2, 0.25) is 0 Å². The second-order valence-corrected chi connectivity index (χ2v) is 7.80. The van der Waals surface area contributed by atoms with E-state index in [-0.39, 0.29) is 0 Å². The van der Waals surface area contributed by atoms with Crippen molar-refractivity contribution in [2.45, 2.75) is 50.1 Å². The van der Waals surface area contributed by atoms with Crippen molar-refractivity contribution in [3.8, 4) is 0 Å². The molecule has 0 aliphatic carbocycles. The highest BCUT2D eigenvalue weighted by Gasteiger charge is 2.50. The first-order chi connectivity index (χ1) is 10.2. The van der Waals surface area contributed by atoms with Gasteiger partial charge < -0.3 is 10.6 Å². The summed E-state index contributed by atoms with van der Waals surface area (Å²) in [5.74, 6) is 0.884. The zero-order chi connectivity index (χ0) is 14.9. The quantitative estimate of drug-likeness (QED) is 0.845. The third-order valence-corrected chi connectivity index (χ3v) is 6.29. The van der Waals surface area contributed by atoms with Crippen LogP contribution >= 0.6 is 0 Å². The molecule has 0 bridgehead atoms. The van der Waals surface area contributed by atoms with Gasteiger partial charge in [-0.05, 0) is 71.8 Å². The maximum absolute atomic E-state index is 6.35. The molecule has 4 heteroatoms. The molecule has 3 saturated heterocycles. The topological polar surface area (TPSA) is 35.7 Å². The molecule has 3 fully saturated rings. The monoisotopic (exact) mass is 294 g/mol. The molecule has 122 valence electrons. The van der Waals surface area contributed by atoms with E-state index in [0.29, 0.717) is 5.54 Å². The van der Waals surface area contributed by atoms with Gasteiger partial charge in [0.25, 0.3) is 0 Å². The van der Waals surface area contributed by atoms with E-state index >= 15 is 0 Å². The van der Waals surface area contributed by atoms with Gasteiger partial charge in [-0.1, -0.05) is 6.42 Å². The molecule has 0 aromatic heterocycles. The minimum absolute atomic E-state index is 0.295. The van der Waals surface area contributed by atoms with Gasteiger partial charge >= 0.3 is 0 Å². The molecule has 0 amide bonds. The van der Waals surface area contributed by atoms with Crippen molar-refractivity contribution < 1.29 is 0 Å². The molecule has 0 saturated carbocycles. The molecule has 2 N–H and O–H groups in total. The SMILES string of the molecule is CN(C)CC1CCN(C2(CN)CCN3CCCCC32)CC1. The van der Waals surface area contributed by atoms with E-state index < -0.39 is 0 Å². The fourth-order valence-electron chi connectivity index (χ4n) is 5.18. The molecule has 3 rings (SSSR count). The van der Waals surface area contributed by atoms with Crippen LogP contribution in [0.25, 0.3) is 0 Å². The van der Waals surface area contributed by atoms with Crippen LogP contribution in [0.4, 0.5) is 0 Å². The van der Waals surface area contributed by atoms with Crippen molar-refractivity contribution in [3.05, 3.63) is 0 Å². The Labute approximate surface area is 130 Å². The smallest absolute Gasteiger partial charge is 0.0498 e. The van der Waals surface area contributed by atoms with Crippen LogP contribution in [-0.4, -0.2) is 79.6 Å². The summed E-state index contributed by atoms with van der Waals surface area (Å²) in [6.45, 7) is 7.22. The Balaban J connectivity index is 1.64. The fraction of sp³-hybridized carbons (Fsp3) is 1.00. The molecular weight excluding hydrogens is 260 g/mol. The Morgan fingerprint density at radius 1 is 1.05 bits per heavy atom. The van der Waals surface area contributed by atoms with E-state index in [1.54, 1.807) is 0 Å². The van der Waals surface area contributed by atoms with Gasteiger partial charge in [-0.15, -0.1) is 0 Å². The summed E-state index contributed by atoms with van der Waals surface area (Å²) >= 11 is 0. The van der Waals surface area contributed by atoms with Crippen molar-refractivity contribution >= 4 is 0 Å². The van der Waals surface area contributed by atoms with E-state index in [1.807, 2.05) is 0 Å². The first kappa shape index (κ1) is 15.7. The Morgan fingerprint density at radius 2 is 1.81 bits per heavy atom. The summed E-state index contributed by atoms with van der Waals surface area (Å²) in [6.07, 6.45) is 8.17. The predicted molar refractivity (Wildman–Crippen MR) is 88.5 cm³/mol. The van der Waals surface area contributed by atoms with E-state index in [2.05, 4.69) is 28.8 Å². The van der Waals surface area contributed by atoms with Gasteiger partial charge in [0.1, 0.15) is 0 Å². The molecule has 21 heavy (non-hydrogen) atoms. The van der Waals surface area contributed by atoms with Crippen molar-refractivity contribution in [2.75, 3.05) is 53.4 Å². The van der Waals surface area contributed by atoms with Crippen LogP contribution in [-0.2, 0) is 0 Å². The van der Waals surface area contributed by atoms with Crippen molar-refractivity contribution in [1.29, 1.82) is 0 Å². The fourth-order valence-corrected chi connectivity index (χ4v) is 5.18. The Bertz CT molecular complexity index is 338. The third-order valence-electron chi connectivity index (χ3n) is 6.29. The first-order valence-corrected chi connectivity index (χ1v) is 8.99. The van der Waals surface area contributed by atoms with Gasteiger partial charge in [0, 0.05) is 31.2 Å². The van der Waals surface area contributed by atoms with Crippen LogP contribution in [0.3, 0.4) is 0 Å². The van der Waals surface area contributed by atoms with Crippen LogP contribution in [0.1, 0.15) is 38.5 Å². The molecule has 0 aromatic carbocycles. The maximum Gasteiger partial charge on any atom is 0.0498 e. The second kappa shape index (κ2) is 6.53. The van der Waals surface area contributed by atoms with Crippen LogP contribution in [0.15, 0.2) is 0 Å². The molecule has 3 heterocycles. The summed E-state index contributed by atoms with van der Waals surface area (Å²) in [7, 11) is 4.40. The zero-order valence-electron chi connectivity index (χ0n) is 14.1. The Morgan fingerprint density at radius 3 is 2.48 bits per heavy atom. The number of fused-ring (bicyclic) bond motifs is 1. The minimum atomic E-state index is 0.295. The lowest BCUT2D eigenvalue weighted by Crippen LogP contribution is -2.63. The summed E-state index contributed by atoms with van der Waals surface area (Å²) in [4.78, 5) is 7.87. The summed E-state index contributed by atoms with van der Waals surface area (Å²) in [5, 5.41) is 0. The molecule has 3 aliphatic heterocycles. The van der Waals surface area contributed by atoms with Gasteiger partial charge in [0.15, 0.2) is 0 Å². The van der Waals surface area contributed by atoms with Crippen molar-refractivity contribution in [3.63, 3.8) is 0 Å². The van der Waals surface area contributed by atoms with Gasteiger partial charge in [-0.2, -0.15) is 0 Å². The maximum atomic E-state index is 6.35. The van der Waals surface area contributed by atoms with Crippen molar-refractivity contribution in [1.82, 2.24) is 14.7 Å². The van der Waals surface area contributed by atoms with Gasteiger partial charge in [-0.25, -0.2) is 0 Å². The number of piperidine rings is 2. The van der Waals surface area contributed by atoms with Gasteiger partial charge in [0.2, 0.25) is 0 Å². The average Bonchev–Trinajstić information content (AvgIpc) is 2.87. The lowest BCUT2D eigenvalue weighted by Gasteiger charge is -2.50. The molecule has 4 nitrogen and oxygen atoms in total. The predicted octanol–water partition coefficient (Wildman–Crippen LogP) is 1.22. The van der Waals surface area contributed by atoms with E-state index in [9.17, 15) is 0 Å². The average molecular weight is 294 g/mol. The molecule has 0 aromatic rings. The molecule has 0 radical (unpaired) electrons. The van der Waals surface area contributed by atoms with E-state index in [1.165, 1.54) is 71.2 Å². The van der Waals surface area contributed by atoms with Crippen LogP contribution < -0.4 is 5.73 Å². The number of likely N-dealkylation sites (tertiary alicyclic amines) is 1. The highest BCUT2D eigenvalue weighted by Crippen LogP contribution is 2.40.